The molecule has 0 saturated carbocycles. The summed E-state index contributed by atoms with van der Waals surface area (Å²) in [6, 6.07) is 4.52. The van der Waals surface area contributed by atoms with Crippen molar-refractivity contribution in [1.29, 1.82) is 0 Å². The Hall–Kier alpha value is -2.17. The molecular weight excluding hydrogens is 235 g/mol. The van der Waals surface area contributed by atoms with Gasteiger partial charge in [-0.2, -0.15) is 5.10 Å². The third-order valence-electron chi connectivity index (χ3n) is 2.81. The van der Waals surface area contributed by atoms with Gasteiger partial charge in [0.1, 0.15) is 5.82 Å². The van der Waals surface area contributed by atoms with E-state index < -0.39 is 5.97 Å². The van der Waals surface area contributed by atoms with Crippen LogP contribution in [0, 0.1) is 12.7 Å². The average molecular weight is 248 g/mol. The van der Waals surface area contributed by atoms with Gasteiger partial charge in [0.15, 0.2) is 5.69 Å². The number of nitrogens with zero attached hydrogens (tertiary/aromatic N) is 2. The molecule has 1 heterocycles. The first kappa shape index (κ1) is 12.3. The lowest BCUT2D eigenvalue weighted by molar-refractivity contribution is 0.0684. The second-order valence-corrected chi connectivity index (χ2v) is 3.99. The Labute approximate surface area is 104 Å². The van der Waals surface area contributed by atoms with Crippen molar-refractivity contribution in [1.82, 2.24) is 9.78 Å². The Bertz CT molecular complexity index is 605. The van der Waals surface area contributed by atoms with Crippen LogP contribution in [0.4, 0.5) is 4.39 Å². The molecule has 2 aromatic rings. The van der Waals surface area contributed by atoms with Gasteiger partial charge in [-0.15, -0.1) is 0 Å². The fourth-order valence-corrected chi connectivity index (χ4v) is 1.87. The van der Waals surface area contributed by atoms with Crippen LogP contribution in [-0.2, 0) is 6.54 Å². The van der Waals surface area contributed by atoms with E-state index >= 15 is 0 Å². The van der Waals surface area contributed by atoms with Gasteiger partial charge in [0.25, 0.3) is 0 Å². The number of carbonyl (C=O) groups is 1. The summed E-state index contributed by atoms with van der Waals surface area (Å²) in [6.07, 6.45) is 1.50. The maximum Gasteiger partial charge on any atom is 0.354 e. The Kier molecular flexibility index (Phi) is 3.14. The molecule has 1 aromatic heterocycles. The summed E-state index contributed by atoms with van der Waals surface area (Å²) in [7, 11) is 0. The number of aromatic nitrogens is 2. The third kappa shape index (κ3) is 1.99. The third-order valence-corrected chi connectivity index (χ3v) is 2.81. The molecule has 0 aliphatic heterocycles. The standard InChI is InChI=1S/C13H13FN2O2/c1-3-16-12(13(17)18)10(7-15-16)9-4-5-11(14)8(2)6-9/h4-7H,3H2,1-2H3,(H,17,18). The summed E-state index contributed by atoms with van der Waals surface area (Å²) < 4.78 is 14.6. The molecule has 4 nitrogen and oxygen atoms in total. The van der Waals surface area contributed by atoms with Crippen LogP contribution in [0.15, 0.2) is 24.4 Å². The summed E-state index contributed by atoms with van der Waals surface area (Å²) in [4.78, 5) is 11.3. The highest BCUT2D eigenvalue weighted by Crippen LogP contribution is 2.25. The van der Waals surface area contributed by atoms with Crippen molar-refractivity contribution in [2.75, 3.05) is 0 Å². The van der Waals surface area contributed by atoms with Crippen LogP contribution in [0.3, 0.4) is 0 Å². The molecular formula is C13H13FN2O2. The molecule has 5 heteroatoms. The van der Waals surface area contributed by atoms with Gasteiger partial charge in [-0.25, -0.2) is 9.18 Å². The highest BCUT2D eigenvalue weighted by atomic mass is 19.1. The van der Waals surface area contributed by atoms with E-state index in [1.807, 2.05) is 6.92 Å². The fraction of sp³-hybridized carbons (Fsp3) is 0.231. The van der Waals surface area contributed by atoms with Crippen LogP contribution >= 0.6 is 0 Å². The highest BCUT2D eigenvalue weighted by Gasteiger charge is 2.18. The molecule has 0 aliphatic rings. The van der Waals surface area contributed by atoms with Crippen LogP contribution in [-0.4, -0.2) is 20.9 Å². The van der Waals surface area contributed by atoms with Crippen molar-refractivity contribution in [2.24, 2.45) is 0 Å². The molecule has 0 amide bonds. The minimum absolute atomic E-state index is 0.128. The maximum atomic E-state index is 13.2. The van der Waals surface area contributed by atoms with Gasteiger partial charge >= 0.3 is 5.97 Å². The zero-order chi connectivity index (χ0) is 13.3. The summed E-state index contributed by atoms with van der Waals surface area (Å²) in [6.45, 7) is 3.93. The lowest BCUT2D eigenvalue weighted by Crippen LogP contribution is -2.09. The van der Waals surface area contributed by atoms with Crippen LogP contribution in [0.25, 0.3) is 11.1 Å². The van der Waals surface area contributed by atoms with Gasteiger partial charge in [0.2, 0.25) is 0 Å². The summed E-state index contributed by atoms with van der Waals surface area (Å²) in [5, 5.41) is 13.2. The lowest BCUT2D eigenvalue weighted by atomic mass is 10.0. The predicted molar refractivity (Wildman–Crippen MR) is 65.0 cm³/mol. The molecule has 0 radical (unpaired) electrons. The van der Waals surface area contributed by atoms with E-state index in [0.717, 1.165) is 0 Å². The molecule has 94 valence electrons. The SMILES string of the molecule is CCn1ncc(-c2ccc(F)c(C)c2)c1C(=O)O. The van der Waals surface area contributed by atoms with Crippen LogP contribution in [0.5, 0.6) is 0 Å². The summed E-state index contributed by atoms with van der Waals surface area (Å²) >= 11 is 0. The minimum Gasteiger partial charge on any atom is -0.477 e. The maximum absolute atomic E-state index is 13.2. The Morgan fingerprint density at radius 3 is 2.78 bits per heavy atom. The van der Waals surface area contributed by atoms with E-state index in [1.54, 1.807) is 19.1 Å². The molecule has 0 atom stereocenters. The first-order chi connectivity index (χ1) is 8.54. The molecule has 0 spiro atoms. The number of aromatic carboxylic acids is 1. The van der Waals surface area contributed by atoms with Gasteiger partial charge in [0, 0.05) is 12.1 Å². The molecule has 1 aromatic carbocycles. The van der Waals surface area contributed by atoms with Crippen LogP contribution < -0.4 is 0 Å². The van der Waals surface area contributed by atoms with E-state index in [4.69, 9.17) is 0 Å². The van der Waals surface area contributed by atoms with Crippen molar-refractivity contribution in [2.45, 2.75) is 20.4 Å². The summed E-state index contributed by atoms with van der Waals surface area (Å²) in [5.41, 5.74) is 1.77. The van der Waals surface area contributed by atoms with Gasteiger partial charge in [0.05, 0.1) is 6.20 Å². The zero-order valence-corrected chi connectivity index (χ0v) is 10.1. The van der Waals surface area contributed by atoms with Crippen molar-refractivity contribution >= 4 is 5.97 Å². The van der Waals surface area contributed by atoms with E-state index in [9.17, 15) is 14.3 Å². The normalized spacial score (nSPS) is 10.6. The number of aryl methyl sites for hydroxylation is 2. The topological polar surface area (TPSA) is 55.1 Å². The molecule has 18 heavy (non-hydrogen) atoms. The number of carboxylic acid groups (broad SMARTS) is 1. The van der Waals surface area contributed by atoms with Crippen molar-refractivity contribution < 1.29 is 14.3 Å². The second-order valence-electron chi connectivity index (χ2n) is 3.99. The molecule has 1 N–H and O–H groups in total. The van der Waals surface area contributed by atoms with Crippen molar-refractivity contribution in [3.63, 3.8) is 0 Å². The fourth-order valence-electron chi connectivity index (χ4n) is 1.87. The van der Waals surface area contributed by atoms with E-state index in [0.29, 0.717) is 23.2 Å². The van der Waals surface area contributed by atoms with Gasteiger partial charge in [-0.05, 0) is 37.1 Å². The molecule has 2 rings (SSSR count). The number of hydrogen-bond donors (Lipinski definition) is 1. The number of hydrogen-bond acceptors (Lipinski definition) is 2. The Morgan fingerprint density at radius 2 is 2.22 bits per heavy atom. The first-order valence-corrected chi connectivity index (χ1v) is 5.60. The van der Waals surface area contributed by atoms with E-state index in [-0.39, 0.29) is 11.5 Å². The van der Waals surface area contributed by atoms with Crippen LogP contribution in [0.2, 0.25) is 0 Å². The Balaban J connectivity index is 2.60. The largest absolute Gasteiger partial charge is 0.477 e. The number of carboxylic acids is 1. The average Bonchev–Trinajstić information content (AvgIpc) is 2.76. The van der Waals surface area contributed by atoms with E-state index in [1.165, 1.54) is 16.9 Å². The number of benzene rings is 1. The van der Waals surface area contributed by atoms with Gasteiger partial charge in [-0.1, -0.05) is 6.07 Å². The van der Waals surface area contributed by atoms with Gasteiger partial charge < -0.3 is 5.11 Å². The smallest absolute Gasteiger partial charge is 0.354 e. The van der Waals surface area contributed by atoms with E-state index in [2.05, 4.69) is 5.10 Å². The Morgan fingerprint density at radius 1 is 1.50 bits per heavy atom. The lowest BCUT2D eigenvalue weighted by Gasteiger charge is -2.05. The number of halogens is 1. The molecule has 0 fully saturated rings. The molecule has 0 saturated heterocycles. The number of rotatable bonds is 3. The minimum atomic E-state index is -1.04. The molecule has 0 aliphatic carbocycles. The monoisotopic (exact) mass is 248 g/mol. The van der Waals surface area contributed by atoms with Gasteiger partial charge in [-0.3, -0.25) is 4.68 Å². The highest BCUT2D eigenvalue weighted by molar-refractivity contribution is 5.94. The van der Waals surface area contributed by atoms with Crippen molar-refractivity contribution in [3.05, 3.63) is 41.5 Å². The second kappa shape index (κ2) is 4.60. The quantitative estimate of drug-likeness (QED) is 0.908. The molecule has 0 unspecified atom stereocenters. The summed E-state index contributed by atoms with van der Waals surface area (Å²) in [5.74, 6) is -1.34. The van der Waals surface area contributed by atoms with Crippen LogP contribution in [0.1, 0.15) is 23.0 Å². The van der Waals surface area contributed by atoms with Crippen molar-refractivity contribution in [3.8, 4) is 11.1 Å². The predicted octanol–water partition coefficient (Wildman–Crippen LogP) is 2.72. The molecule has 0 bridgehead atoms. The first-order valence-electron chi connectivity index (χ1n) is 5.60. The zero-order valence-electron chi connectivity index (χ0n) is 10.1.